The third-order valence-electron chi connectivity index (χ3n) is 4.13. The molecule has 5 heteroatoms. The molecule has 3 unspecified atom stereocenters. The molecule has 1 aromatic rings. The first-order valence-corrected chi connectivity index (χ1v) is 7.05. The van der Waals surface area contributed by atoms with Gasteiger partial charge in [-0.25, -0.2) is 4.79 Å². The lowest BCUT2D eigenvalue weighted by molar-refractivity contribution is 0.00821. The van der Waals surface area contributed by atoms with E-state index >= 15 is 0 Å². The van der Waals surface area contributed by atoms with Gasteiger partial charge in [0.15, 0.2) is 5.69 Å². The van der Waals surface area contributed by atoms with Crippen molar-refractivity contribution in [3.05, 3.63) is 11.9 Å². The monoisotopic (exact) mass is 265 g/mol. The van der Waals surface area contributed by atoms with Gasteiger partial charge in [0.25, 0.3) is 0 Å². The summed E-state index contributed by atoms with van der Waals surface area (Å²) in [5, 5.41) is 4.14. The second-order valence-corrected chi connectivity index (χ2v) is 5.58. The maximum absolute atomic E-state index is 12.1. The molecule has 1 aromatic heterocycles. The molecule has 1 saturated carbocycles. The quantitative estimate of drug-likeness (QED) is 0.852. The molecular weight excluding hydrogens is 242 g/mol. The van der Waals surface area contributed by atoms with Gasteiger partial charge in [0.05, 0.1) is 5.69 Å². The predicted molar refractivity (Wildman–Crippen MR) is 73.7 cm³/mol. The third kappa shape index (κ3) is 3.08. The second-order valence-electron chi connectivity index (χ2n) is 5.58. The molecule has 2 rings (SSSR count). The lowest BCUT2D eigenvalue weighted by atomic mass is 9.80. The van der Waals surface area contributed by atoms with Crippen LogP contribution in [-0.4, -0.2) is 21.9 Å². The summed E-state index contributed by atoms with van der Waals surface area (Å²) in [5.74, 6) is 0.910. The zero-order valence-corrected chi connectivity index (χ0v) is 11.9. The first-order chi connectivity index (χ1) is 9.01. The highest BCUT2D eigenvalue weighted by molar-refractivity contribution is 5.92. The summed E-state index contributed by atoms with van der Waals surface area (Å²) in [6, 6.07) is 0. The van der Waals surface area contributed by atoms with Crippen molar-refractivity contribution < 1.29 is 9.53 Å². The summed E-state index contributed by atoms with van der Waals surface area (Å²) in [6.45, 7) is 7.11. The minimum Gasteiger partial charge on any atom is -0.458 e. The number of nitrogens with two attached hydrogens (primary N) is 1. The number of carbonyl (C=O) groups is 1. The highest BCUT2D eigenvalue weighted by Crippen LogP contribution is 2.31. The van der Waals surface area contributed by atoms with Gasteiger partial charge in [0.1, 0.15) is 6.10 Å². The minimum atomic E-state index is -0.392. The van der Waals surface area contributed by atoms with Crippen LogP contribution in [0.15, 0.2) is 6.20 Å². The van der Waals surface area contributed by atoms with Gasteiger partial charge in [-0.2, -0.15) is 5.10 Å². The average Bonchev–Trinajstić information content (AvgIpc) is 2.75. The standard InChI is InChI=1S/C14H23N3O2/c1-4-17-8-12(15)13(16-17)14(18)19-11-6-5-9(2)10(3)7-11/h8-11H,4-7,15H2,1-3H3. The Hall–Kier alpha value is -1.52. The molecule has 1 fully saturated rings. The van der Waals surface area contributed by atoms with Crippen LogP contribution in [0.25, 0.3) is 0 Å². The Morgan fingerprint density at radius 1 is 1.47 bits per heavy atom. The van der Waals surface area contributed by atoms with Crippen LogP contribution in [0, 0.1) is 11.8 Å². The fourth-order valence-electron chi connectivity index (χ4n) is 2.57. The number of aryl methyl sites for hydroxylation is 1. The number of ether oxygens (including phenoxy) is 1. The van der Waals surface area contributed by atoms with Gasteiger partial charge >= 0.3 is 5.97 Å². The van der Waals surface area contributed by atoms with Crippen molar-refractivity contribution in [2.45, 2.75) is 52.7 Å². The van der Waals surface area contributed by atoms with Crippen molar-refractivity contribution in [1.29, 1.82) is 0 Å². The number of carbonyl (C=O) groups excluding carboxylic acids is 1. The van der Waals surface area contributed by atoms with Crippen LogP contribution in [0.1, 0.15) is 50.5 Å². The first kappa shape index (κ1) is 13.9. The molecular formula is C14H23N3O2. The molecule has 1 heterocycles. The van der Waals surface area contributed by atoms with Gasteiger partial charge in [-0.15, -0.1) is 0 Å². The van der Waals surface area contributed by atoms with E-state index in [1.165, 1.54) is 0 Å². The molecule has 0 spiro atoms. The number of hydrogen-bond acceptors (Lipinski definition) is 4. The normalized spacial score (nSPS) is 27.2. The van der Waals surface area contributed by atoms with E-state index in [0.29, 0.717) is 24.1 Å². The van der Waals surface area contributed by atoms with Crippen LogP contribution >= 0.6 is 0 Å². The Labute approximate surface area is 114 Å². The number of esters is 1. The van der Waals surface area contributed by atoms with Crippen molar-refractivity contribution in [3.8, 4) is 0 Å². The maximum atomic E-state index is 12.1. The smallest absolute Gasteiger partial charge is 0.361 e. The topological polar surface area (TPSA) is 70.1 Å². The van der Waals surface area contributed by atoms with Crippen LogP contribution in [0.2, 0.25) is 0 Å². The van der Waals surface area contributed by atoms with Gasteiger partial charge in [0, 0.05) is 12.7 Å². The lowest BCUT2D eigenvalue weighted by Gasteiger charge is -2.31. The van der Waals surface area contributed by atoms with E-state index in [2.05, 4.69) is 18.9 Å². The van der Waals surface area contributed by atoms with Crippen molar-refractivity contribution >= 4 is 11.7 Å². The maximum Gasteiger partial charge on any atom is 0.361 e. The lowest BCUT2D eigenvalue weighted by Crippen LogP contribution is -2.29. The summed E-state index contributed by atoms with van der Waals surface area (Å²) < 4.78 is 7.19. The van der Waals surface area contributed by atoms with Gasteiger partial charge in [-0.05, 0) is 38.0 Å². The van der Waals surface area contributed by atoms with Crippen LogP contribution in [-0.2, 0) is 11.3 Å². The molecule has 5 nitrogen and oxygen atoms in total. The Bertz CT molecular complexity index is 456. The van der Waals surface area contributed by atoms with E-state index in [-0.39, 0.29) is 11.8 Å². The van der Waals surface area contributed by atoms with E-state index in [9.17, 15) is 4.79 Å². The number of nitrogens with zero attached hydrogens (tertiary/aromatic N) is 2. The van der Waals surface area contributed by atoms with Gasteiger partial charge in [0.2, 0.25) is 0 Å². The van der Waals surface area contributed by atoms with Crippen molar-refractivity contribution in [1.82, 2.24) is 9.78 Å². The van der Waals surface area contributed by atoms with E-state index < -0.39 is 5.97 Å². The fourth-order valence-corrected chi connectivity index (χ4v) is 2.57. The Balaban J connectivity index is 1.99. The zero-order chi connectivity index (χ0) is 14.0. The molecule has 0 aliphatic heterocycles. The van der Waals surface area contributed by atoms with Crippen LogP contribution in [0.5, 0.6) is 0 Å². The van der Waals surface area contributed by atoms with Crippen LogP contribution in [0.3, 0.4) is 0 Å². The van der Waals surface area contributed by atoms with Gasteiger partial charge < -0.3 is 10.5 Å². The molecule has 0 bridgehead atoms. The summed E-state index contributed by atoms with van der Waals surface area (Å²) >= 11 is 0. The fraction of sp³-hybridized carbons (Fsp3) is 0.714. The van der Waals surface area contributed by atoms with Gasteiger partial charge in [-0.3, -0.25) is 4.68 Å². The largest absolute Gasteiger partial charge is 0.458 e. The van der Waals surface area contributed by atoms with Crippen LogP contribution < -0.4 is 5.73 Å². The number of anilines is 1. The molecule has 0 saturated heterocycles. The summed E-state index contributed by atoms with van der Waals surface area (Å²) in [5.41, 5.74) is 6.42. The molecule has 0 radical (unpaired) electrons. The van der Waals surface area contributed by atoms with Gasteiger partial charge in [-0.1, -0.05) is 13.8 Å². The highest BCUT2D eigenvalue weighted by Gasteiger charge is 2.28. The molecule has 1 aliphatic rings. The Morgan fingerprint density at radius 2 is 2.21 bits per heavy atom. The summed E-state index contributed by atoms with van der Waals surface area (Å²) in [4.78, 5) is 12.1. The summed E-state index contributed by atoms with van der Waals surface area (Å²) in [6.07, 6.45) is 4.65. The van der Waals surface area contributed by atoms with Crippen molar-refractivity contribution in [2.75, 3.05) is 5.73 Å². The van der Waals surface area contributed by atoms with Crippen LogP contribution in [0.4, 0.5) is 5.69 Å². The number of aromatic nitrogens is 2. The average molecular weight is 265 g/mol. The Morgan fingerprint density at radius 3 is 2.79 bits per heavy atom. The number of rotatable bonds is 3. The van der Waals surface area contributed by atoms with E-state index in [4.69, 9.17) is 10.5 Å². The molecule has 3 atom stereocenters. The predicted octanol–water partition coefficient (Wildman–Crippen LogP) is 2.47. The third-order valence-corrected chi connectivity index (χ3v) is 4.13. The highest BCUT2D eigenvalue weighted by atomic mass is 16.5. The molecule has 106 valence electrons. The van der Waals surface area contributed by atoms with E-state index in [1.807, 2.05) is 6.92 Å². The molecule has 0 amide bonds. The van der Waals surface area contributed by atoms with Crippen molar-refractivity contribution in [2.24, 2.45) is 11.8 Å². The second kappa shape index (κ2) is 5.63. The number of hydrogen-bond donors (Lipinski definition) is 1. The molecule has 0 aromatic carbocycles. The minimum absolute atomic E-state index is 0.00452. The zero-order valence-electron chi connectivity index (χ0n) is 11.9. The first-order valence-electron chi connectivity index (χ1n) is 7.05. The van der Waals surface area contributed by atoms with Crippen molar-refractivity contribution in [3.63, 3.8) is 0 Å². The Kier molecular flexibility index (Phi) is 4.12. The molecule has 2 N–H and O–H groups in total. The van der Waals surface area contributed by atoms with E-state index in [0.717, 1.165) is 19.3 Å². The molecule has 1 aliphatic carbocycles. The number of nitrogen functional groups attached to an aromatic ring is 1. The SMILES string of the molecule is CCn1cc(N)c(C(=O)OC2CCC(C)C(C)C2)n1. The molecule has 19 heavy (non-hydrogen) atoms. The van der Waals surface area contributed by atoms with E-state index in [1.54, 1.807) is 10.9 Å². The summed E-state index contributed by atoms with van der Waals surface area (Å²) in [7, 11) is 0.